The summed E-state index contributed by atoms with van der Waals surface area (Å²) >= 11 is 0. The van der Waals surface area contributed by atoms with Gasteiger partial charge in [-0.05, 0) is 68.1 Å². The van der Waals surface area contributed by atoms with Crippen molar-refractivity contribution < 1.29 is 33.2 Å². The highest BCUT2D eigenvalue weighted by Crippen LogP contribution is 2.55. The Morgan fingerprint density at radius 1 is 1.21 bits per heavy atom. The molecule has 1 aromatic rings. The van der Waals surface area contributed by atoms with Crippen LogP contribution in [-0.2, 0) is 24.6 Å². The minimum Gasteiger partial charge on any atom is -0.480 e. The number of hydrogen-bond donors (Lipinski definition) is 1. The number of carboxylic acids is 1. The zero-order valence-corrected chi connectivity index (χ0v) is 16.7. The first kappa shape index (κ1) is 20.6. The molecule has 0 aromatic heterocycles. The molecule has 6 nitrogen and oxygen atoms in total. The smallest absolute Gasteiger partial charge is 0.329 e. The Hall–Kier alpha value is -1.70. The van der Waals surface area contributed by atoms with Crippen molar-refractivity contribution in [2.24, 2.45) is 5.41 Å². The molecule has 4 fully saturated rings. The molecule has 29 heavy (non-hydrogen) atoms. The number of carbonyl (C=O) groups is 1. The van der Waals surface area contributed by atoms with E-state index < -0.39 is 11.6 Å². The molecular weight excluding hydrogens is 379 g/mol. The number of fused-ring (bicyclic) bond motifs is 3. The molecule has 0 amide bonds. The van der Waals surface area contributed by atoms with Crippen LogP contribution >= 0.6 is 0 Å². The van der Waals surface area contributed by atoms with Crippen LogP contribution in [0.25, 0.3) is 0 Å². The second-order valence-corrected chi connectivity index (χ2v) is 8.57. The summed E-state index contributed by atoms with van der Waals surface area (Å²) in [6, 6.07) is 4.87. The highest BCUT2D eigenvalue weighted by Gasteiger charge is 2.50. The van der Waals surface area contributed by atoms with E-state index in [0.717, 1.165) is 56.9 Å². The van der Waals surface area contributed by atoms with Gasteiger partial charge in [0.05, 0.1) is 18.8 Å². The van der Waals surface area contributed by atoms with E-state index in [-0.39, 0.29) is 24.1 Å². The van der Waals surface area contributed by atoms with E-state index in [1.165, 1.54) is 6.07 Å². The maximum absolute atomic E-state index is 14.4. The Kier molecular flexibility index (Phi) is 6.08. The SMILES string of the molecule is O=C(O)COCCC12CCC(c3cc(F)cc(OC4CCCCO4)c3)(CC1)OC2. The number of halogens is 1. The van der Waals surface area contributed by atoms with Gasteiger partial charge in [-0.3, -0.25) is 0 Å². The predicted octanol–water partition coefficient (Wildman–Crippen LogP) is 4.01. The van der Waals surface area contributed by atoms with Gasteiger partial charge < -0.3 is 24.1 Å². The van der Waals surface area contributed by atoms with Gasteiger partial charge in [0.25, 0.3) is 0 Å². The molecule has 1 aromatic carbocycles. The van der Waals surface area contributed by atoms with E-state index in [1.807, 2.05) is 6.07 Å². The summed E-state index contributed by atoms with van der Waals surface area (Å²) in [5.74, 6) is -0.780. The van der Waals surface area contributed by atoms with Crippen molar-refractivity contribution in [3.8, 4) is 5.75 Å². The lowest BCUT2D eigenvalue weighted by molar-refractivity contribution is -0.195. The lowest BCUT2D eigenvalue weighted by atomic mass is 9.63. The molecule has 3 aliphatic heterocycles. The first-order valence-corrected chi connectivity index (χ1v) is 10.5. The molecule has 1 N–H and O–H groups in total. The monoisotopic (exact) mass is 408 g/mol. The van der Waals surface area contributed by atoms with Crippen molar-refractivity contribution in [3.05, 3.63) is 29.6 Å². The van der Waals surface area contributed by atoms with Crippen LogP contribution in [0.5, 0.6) is 5.75 Å². The number of carboxylic acid groups (broad SMARTS) is 1. The van der Waals surface area contributed by atoms with Gasteiger partial charge >= 0.3 is 5.97 Å². The standard InChI is InChI=1S/C22H29FO6/c23-17-11-16(12-18(13-17)29-20-3-1-2-9-27-20)22-6-4-21(5-7-22,15-28-22)8-10-26-14-19(24)25/h11-13,20H,1-10,14-15H2,(H,24,25). The van der Waals surface area contributed by atoms with Crippen molar-refractivity contribution in [2.45, 2.75) is 63.3 Å². The topological polar surface area (TPSA) is 74.2 Å². The first-order valence-electron chi connectivity index (χ1n) is 10.5. The van der Waals surface area contributed by atoms with Crippen molar-refractivity contribution in [3.63, 3.8) is 0 Å². The Morgan fingerprint density at radius 2 is 2.03 bits per heavy atom. The summed E-state index contributed by atoms with van der Waals surface area (Å²) < 4.78 is 37.4. The summed E-state index contributed by atoms with van der Waals surface area (Å²) in [7, 11) is 0. The van der Waals surface area contributed by atoms with Crippen molar-refractivity contribution in [1.82, 2.24) is 0 Å². The predicted molar refractivity (Wildman–Crippen MR) is 102 cm³/mol. The van der Waals surface area contributed by atoms with Gasteiger partial charge in [0.2, 0.25) is 0 Å². The largest absolute Gasteiger partial charge is 0.480 e. The van der Waals surface area contributed by atoms with E-state index in [4.69, 9.17) is 24.1 Å². The highest BCUT2D eigenvalue weighted by atomic mass is 19.1. The molecule has 5 rings (SSSR count). The molecule has 1 unspecified atom stereocenters. The molecule has 1 saturated carbocycles. The maximum Gasteiger partial charge on any atom is 0.329 e. The molecule has 2 bridgehead atoms. The third kappa shape index (κ3) is 4.73. The molecule has 3 heterocycles. The fourth-order valence-electron chi connectivity index (χ4n) is 4.76. The molecule has 3 saturated heterocycles. The minimum absolute atomic E-state index is 0.0306. The van der Waals surface area contributed by atoms with Crippen molar-refractivity contribution in [2.75, 3.05) is 26.4 Å². The van der Waals surface area contributed by atoms with Crippen LogP contribution in [0, 0.1) is 11.2 Å². The molecule has 160 valence electrons. The lowest BCUT2D eigenvalue weighted by Gasteiger charge is -2.53. The summed E-state index contributed by atoms with van der Waals surface area (Å²) in [5.41, 5.74) is 0.388. The van der Waals surface area contributed by atoms with Gasteiger partial charge in [0.15, 0.2) is 6.29 Å². The normalized spacial score (nSPS) is 31.6. The fraction of sp³-hybridized carbons (Fsp3) is 0.682. The number of rotatable bonds is 8. The van der Waals surface area contributed by atoms with Crippen LogP contribution in [0.4, 0.5) is 4.39 Å². The Morgan fingerprint density at radius 3 is 2.69 bits per heavy atom. The number of hydrogen-bond acceptors (Lipinski definition) is 5. The maximum atomic E-state index is 14.4. The van der Waals surface area contributed by atoms with E-state index >= 15 is 0 Å². The quantitative estimate of drug-likeness (QED) is 0.655. The Balaban J connectivity index is 1.40. The zero-order valence-electron chi connectivity index (χ0n) is 16.7. The van der Waals surface area contributed by atoms with Crippen LogP contribution in [0.3, 0.4) is 0 Å². The van der Waals surface area contributed by atoms with Crippen LogP contribution in [0.15, 0.2) is 18.2 Å². The summed E-state index contributed by atoms with van der Waals surface area (Å²) in [4.78, 5) is 10.6. The third-order valence-corrected chi connectivity index (χ3v) is 6.58. The summed E-state index contributed by atoms with van der Waals surface area (Å²) in [5, 5.41) is 8.69. The molecule has 4 aliphatic rings. The molecule has 1 atom stereocenters. The summed E-state index contributed by atoms with van der Waals surface area (Å²) in [6.07, 6.45) is 6.93. The van der Waals surface area contributed by atoms with E-state index in [9.17, 15) is 9.18 Å². The zero-order chi connectivity index (χ0) is 20.3. The van der Waals surface area contributed by atoms with Crippen molar-refractivity contribution >= 4 is 5.97 Å². The van der Waals surface area contributed by atoms with Crippen molar-refractivity contribution in [1.29, 1.82) is 0 Å². The Labute approximate surface area is 170 Å². The molecule has 0 radical (unpaired) electrons. The van der Waals surface area contributed by atoms with Gasteiger partial charge in [-0.25, -0.2) is 9.18 Å². The van der Waals surface area contributed by atoms with E-state index in [0.29, 0.717) is 25.6 Å². The lowest BCUT2D eigenvalue weighted by Crippen LogP contribution is -2.49. The fourth-order valence-corrected chi connectivity index (χ4v) is 4.76. The van der Waals surface area contributed by atoms with Crippen LogP contribution < -0.4 is 4.74 Å². The van der Waals surface area contributed by atoms with Gasteiger partial charge in [-0.1, -0.05) is 0 Å². The highest BCUT2D eigenvalue weighted by molar-refractivity contribution is 5.67. The number of aliphatic carboxylic acids is 1. The molecule has 1 aliphatic carbocycles. The first-order chi connectivity index (χ1) is 14.0. The molecular formula is C22H29FO6. The minimum atomic E-state index is -0.951. The third-order valence-electron chi connectivity index (χ3n) is 6.58. The van der Waals surface area contributed by atoms with Crippen LogP contribution in [-0.4, -0.2) is 43.8 Å². The Bertz CT molecular complexity index is 705. The number of benzene rings is 1. The van der Waals surface area contributed by atoms with Crippen LogP contribution in [0.2, 0.25) is 0 Å². The van der Waals surface area contributed by atoms with E-state index in [1.54, 1.807) is 6.07 Å². The molecule has 7 heteroatoms. The summed E-state index contributed by atoms with van der Waals surface area (Å²) in [6.45, 7) is 1.42. The molecule has 0 spiro atoms. The van der Waals surface area contributed by atoms with Crippen LogP contribution in [0.1, 0.15) is 56.9 Å². The second kappa shape index (κ2) is 8.58. The van der Waals surface area contributed by atoms with Gasteiger partial charge in [-0.15, -0.1) is 0 Å². The average molecular weight is 408 g/mol. The van der Waals surface area contributed by atoms with Gasteiger partial charge in [0.1, 0.15) is 18.2 Å². The van der Waals surface area contributed by atoms with E-state index in [2.05, 4.69) is 0 Å². The van der Waals surface area contributed by atoms with Gasteiger partial charge in [0, 0.05) is 19.1 Å². The van der Waals surface area contributed by atoms with Gasteiger partial charge in [-0.2, -0.15) is 0 Å². The average Bonchev–Trinajstić information content (AvgIpc) is 2.73. The number of ether oxygens (including phenoxy) is 4. The second-order valence-electron chi connectivity index (χ2n) is 8.57.